The number of quaternary nitrogens is 1. The molecule has 0 saturated heterocycles. The van der Waals surface area contributed by atoms with Gasteiger partial charge in [-0.05, 0) is 31.2 Å². The predicted octanol–water partition coefficient (Wildman–Crippen LogP) is 1.68. The maximum Gasteiger partial charge on any atom is 0.279 e. The van der Waals surface area contributed by atoms with Gasteiger partial charge in [0.1, 0.15) is 12.4 Å². The second-order valence-electron chi connectivity index (χ2n) is 5.62. The van der Waals surface area contributed by atoms with Crippen molar-refractivity contribution in [3.05, 3.63) is 65.5 Å². The number of likely N-dealkylation sites (N-methyl/N-ethyl adjacent to an activating group) is 1. The van der Waals surface area contributed by atoms with E-state index in [1.807, 2.05) is 7.05 Å². The topological polar surface area (TPSA) is 50.6 Å². The molecule has 0 bridgehead atoms. The molecular formula is C18H20FN2O2+. The second-order valence-corrected chi connectivity index (χ2v) is 5.62. The van der Waals surface area contributed by atoms with Crippen LogP contribution in [0.1, 0.15) is 22.8 Å². The van der Waals surface area contributed by atoms with Gasteiger partial charge in [0.05, 0.1) is 7.05 Å². The summed E-state index contributed by atoms with van der Waals surface area (Å²) in [5.41, 5.74) is 2.14. The van der Waals surface area contributed by atoms with Crippen molar-refractivity contribution in [1.29, 1.82) is 0 Å². The zero-order chi connectivity index (χ0) is 16.8. The van der Waals surface area contributed by atoms with Crippen molar-refractivity contribution < 1.29 is 18.9 Å². The van der Waals surface area contributed by atoms with Gasteiger partial charge in [0, 0.05) is 16.8 Å². The van der Waals surface area contributed by atoms with Crippen LogP contribution in [-0.4, -0.2) is 25.3 Å². The highest BCUT2D eigenvalue weighted by Crippen LogP contribution is 2.10. The number of hydrogen-bond acceptors (Lipinski definition) is 2. The minimum Gasteiger partial charge on any atom is -0.326 e. The van der Waals surface area contributed by atoms with Gasteiger partial charge in [-0.2, -0.15) is 0 Å². The van der Waals surface area contributed by atoms with Gasteiger partial charge in [-0.1, -0.05) is 24.3 Å². The minimum absolute atomic E-state index is 0.0415. The van der Waals surface area contributed by atoms with Gasteiger partial charge in [0.2, 0.25) is 0 Å². The van der Waals surface area contributed by atoms with Crippen LogP contribution in [0.5, 0.6) is 0 Å². The Morgan fingerprint density at radius 3 is 2.48 bits per heavy atom. The minimum atomic E-state index is -0.269. The van der Waals surface area contributed by atoms with Gasteiger partial charge < -0.3 is 10.2 Å². The fraction of sp³-hybridized carbons (Fsp3) is 0.222. The van der Waals surface area contributed by atoms with E-state index in [0.29, 0.717) is 17.8 Å². The summed E-state index contributed by atoms with van der Waals surface area (Å²) in [7, 11) is 1.90. The van der Waals surface area contributed by atoms with Crippen LogP contribution in [0.4, 0.5) is 10.1 Å². The molecule has 0 spiro atoms. The lowest BCUT2D eigenvalue weighted by Gasteiger charge is -2.14. The van der Waals surface area contributed by atoms with E-state index in [1.54, 1.807) is 36.4 Å². The van der Waals surface area contributed by atoms with E-state index in [1.165, 1.54) is 19.1 Å². The summed E-state index contributed by atoms with van der Waals surface area (Å²) in [5, 5.41) is 2.79. The molecule has 0 aromatic heterocycles. The molecule has 2 rings (SSSR count). The van der Waals surface area contributed by atoms with Crippen LogP contribution in [-0.2, 0) is 11.3 Å². The Hall–Kier alpha value is -2.53. The molecule has 2 aromatic rings. The highest BCUT2D eigenvalue weighted by molar-refractivity contribution is 5.97. The molecular weight excluding hydrogens is 295 g/mol. The van der Waals surface area contributed by atoms with Crippen LogP contribution in [0.15, 0.2) is 48.5 Å². The molecule has 0 radical (unpaired) electrons. The Morgan fingerprint density at radius 2 is 1.83 bits per heavy atom. The number of Topliss-reactive ketones (excluding diaryl/α,β-unsaturated/α-hetero) is 1. The van der Waals surface area contributed by atoms with Gasteiger partial charge in [-0.25, -0.2) is 4.39 Å². The van der Waals surface area contributed by atoms with E-state index < -0.39 is 0 Å². The number of anilines is 1. The van der Waals surface area contributed by atoms with Crippen molar-refractivity contribution in [1.82, 2.24) is 0 Å². The Bertz CT molecular complexity index is 698. The highest BCUT2D eigenvalue weighted by atomic mass is 19.1. The van der Waals surface area contributed by atoms with Gasteiger partial charge in [-0.3, -0.25) is 9.59 Å². The molecule has 1 amide bonds. The van der Waals surface area contributed by atoms with Crippen LogP contribution >= 0.6 is 0 Å². The first-order valence-electron chi connectivity index (χ1n) is 7.40. The molecule has 2 aromatic carbocycles. The van der Waals surface area contributed by atoms with Crippen molar-refractivity contribution in [2.75, 3.05) is 18.9 Å². The van der Waals surface area contributed by atoms with E-state index >= 15 is 0 Å². The van der Waals surface area contributed by atoms with E-state index in [2.05, 4.69) is 5.32 Å². The maximum atomic E-state index is 12.9. The van der Waals surface area contributed by atoms with Crippen LogP contribution in [0.25, 0.3) is 0 Å². The lowest BCUT2D eigenvalue weighted by atomic mass is 10.1. The summed E-state index contributed by atoms with van der Waals surface area (Å²) in [5.74, 6) is -0.444. The molecule has 4 nitrogen and oxygen atoms in total. The van der Waals surface area contributed by atoms with Crippen LogP contribution in [0.3, 0.4) is 0 Å². The molecule has 120 valence electrons. The Morgan fingerprint density at radius 1 is 1.13 bits per heavy atom. The quantitative estimate of drug-likeness (QED) is 0.797. The number of hydrogen-bond donors (Lipinski definition) is 2. The lowest BCUT2D eigenvalue weighted by molar-refractivity contribution is -0.885. The Kier molecular flexibility index (Phi) is 5.60. The highest BCUT2D eigenvalue weighted by Gasteiger charge is 2.11. The summed E-state index contributed by atoms with van der Waals surface area (Å²) in [6, 6.07) is 13.1. The average molecular weight is 315 g/mol. The third kappa shape index (κ3) is 5.30. The number of halogens is 1. The fourth-order valence-electron chi connectivity index (χ4n) is 2.31. The molecule has 0 saturated carbocycles. The molecule has 0 fully saturated rings. The number of rotatable bonds is 6. The number of ketones is 1. The zero-order valence-electron chi connectivity index (χ0n) is 13.2. The largest absolute Gasteiger partial charge is 0.326 e. The van der Waals surface area contributed by atoms with Crippen molar-refractivity contribution in [3.8, 4) is 0 Å². The third-order valence-electron chi connectivity index (χ3n) is 3.43. The predicted molar refractivity (Wildman–Crippen MR) is 86.9 cm³/mol. The van der Waals surface area contributed by atoms with Crippen molar-refractivity contribution in [2.45, 2.75) is 13.5 Å². The Balaban J connectivity index is 1.90. The summed E-state index contributed by atoms with van der Waals surface area (Å²) >= 11 is 0. The monoisotopic (exact) mass is 315 g/mol. The number of benzene rings is 2. The number of carbonyl (C=O) groups is 2. The standard InChI is InChI=1S/C18H19FN2O2/c1-13(22)15-4-3-5-17(10-15)20-18(23)12-21(2)11-14-6-8-16(19)9-7-14/h3-10H,11-12H2,1-2H3,(H,20,23)/p+1. The van der Waals surface area contributed by atoms with Gasteiger partial charge in [0.25, 0.3) is 5.91 Å². The van der Waals surface area contributed by atoms with E-state index in [0.717, 1.165) is 10.5 Å². The van der Waals surface area contributed by atoms with Crippen molar-refractivity contribution >= 4 is 17.4 Å². The summed E-state index contributed by atoms with van der Waals surface area (Å²) in [4.78, 5) is 24.4. The van der Waals surface area contributed by atoms with E-state index in [9.17, 15) is 14.0 Å². The molecule has 2 N–H and O–H groups in total. The second kappa shape index (κ2) is 7.65. The van der Waals surface area contributed by atoms with Gasteiger partial charge >= 0.3 is 0 Å². The summed E-state index contributed by atoms with van der Waals surface area (Å²) in [6.45, 7) is 2.39. The lowest BCUT2D eigenvalue weighted by Crippen LogP contribution is -3.08. The number of amides is 1. The maximum absolute atomic E-state index is 12.9. The molecule has 1 unspecified atom stereocenters. The first kappa shape index (κ1) is 16.8. The number of carbonyl (C=O) groups excluding carboxylic acids is 2. The smallest absolute Gasteiger partial charge is 0.279 e. The molecule has 23 heavy (non-hydrogen) atoms. The van der Waals surface area contributed by atoms with Crippen LogP contribution in [0.2, 0.25) is 0 Å². The van der Waals surface area contributed by atoms with Gasteiger partial charge in [0.15, 0.2) is 12.3 Å². The molecule has 0 aliphatic carbocycles. The fourth-order valence-corrected chi connectivity index (χ4v) is 2.31. The zero-order valence-corrected chi connectivity index (χ0v) is 13.2. The van der Waals surface area contributed by atoms with Gasteiger partial charge in [-0.15, -0.1) is 0 Å². The summed E-state index contributed by atoms with van der Waals surface area (Å²) < 4.78 is 12.9. The third-order valence-corrected chi connectivity index (χ3v) is 3.43. The number of nitrogens with one attached hydrogen (secondary N) is 2. The van der Waals surface area contributed by atoms with Crippen LogP contribution in [0, 0.1) is 5.82 Å². The van der Waals surface area contributed by atoms with Crippen molar-refractivity contribution in [3.63, 3.8) is 0 Å². The Labute approximate surface area is 134 Å². The van der Waals surface area contributed by atoms with E-state index in [-0.39, 0.29) is 24.1 Å². The molecule has 0 aliphatic rings. The first-order chi connectivity index (χ1) is 10.9. The average Bonchev–Trinajstić information content (AvgIpc) is 2.49. The molecule has 1 atom stereocenters. The molecule has 0 heterocycles. The molecule has 5 heteroatoms. The van der Waals surface area contributed by atoms with Crippen molar-refractivity contribution in [2.24, 2.45) is 0 Å². The first-order valence-corrected chi connectivity index (χ1v) is 7.40. The molecule has 0 aliphatic heterocycles. The normalized spacial score (nSPS) is 11.8. The SMILES string of the molecule is CC(=O)c1cccc(NC(=O)C[NH+](C)Cc2ccc(F)cc2)c1. The van der Waals surface area contributed by atoms with E-state index in [4.69, 9.17) is 0 Å². The van der Waals surface area contributed by atoms with Crippen LogP contribution < -0.4 is 10.2 Å². The summed E-state index contributed by atoms with van der Waals surface area (Å²) in [6.07, 6.45) is 0.